The number of hydrogen-bond acceptors (Lipinski definition) is 6. The maximum absolute atomic E-state index is 12.8. The van der Waals surface area contributed by atoms with E-state index in [1.54, 1.807) is 11.3 Å². The second kappa shape index (κ2) is 8.73. The predicted molar refractivity (Wildman–Crippen MR) is 108 cm³/mol. The average Bonchev–Trinajstić information content (AvgIpc) is 3.11. The number of esters is 1. The summed E-state index contributed by atoms with van der Waals surface area (Å²) in [7, 11) is 0. The quantitative estimate of drug-likeness (QED) is 0.436. The van der Waals surface area contributed by atoms with Gasteiger partial charge in [0.05, 0.1) is 18.1 Å². The molecular formula is C21H21FN2O4S. The second-order valence-electron chi connectivity index (χ2n) is 6.91. The standard InChI is InChI=1S/C21H21FN2O4S/c22-14-5-7-15(8-6-14)27-11-12-28-18(25)9-10-24-13-23-20-19(21(24)26)16-3-1-2-4-17(16)29-20/h5-8,13H,1-4,9-12H2. The van der Waals surface area contributed by atoms with Crippen LogP contribution in [0.3, 0.4) is 0 Å². The van der Waals surface area contributed by atoms with E-state index >= 15 is 0 Å². The number of aryl methyl sites for hydroxylation is 3. The van der Waals surface area contributed by atoms with Gasteiger partial charge >= 0.3 is 5.97 Å². The fourth-order valence-electron chi connectivity index (χ4n) is 3.47. The van der Waals surface area contributed by atoms with Crippen LogP contribution in [0.4, 0.5) is 4.39 Å². The molecule has 8 heteroatoms. The van der Waals surface area contributed by atoms with Crippen molar-refractivity contribution in [1.29, 1.82) is 0 Å². The molecule has 0 spiro atoms. The van der Waals surface area contributed by atoms with E-state index in [2.05, 4.69) is 4.98 Å². The molecule has 0 aliphatic heterocycles. The number of nitrogens with zero attached hydrogens (tertiary/aromatic N) is 2. The summed E-state index contributed by atoms with van der Waals surface area (Å²) in [6, 6.07) is 5.62. The van der Waals surface area contributed by atoms with Gasteiger partial charge in [0.15, 0.2) is 0 Å². The Bertz CT molecular complexity index is 1070. The smallest absolute Gasteiger partial charge is 0.307 e. The van der Waals surface area contributed by atoms with Crippen LogP contribution in [-0.2, 0) is 28.9 Å². The van der Waals surface area contributed by atoms with Crippen molar-refractivity contribution in [3.05, 3.63) is 57.2 Å². The van der Waals surface area contributed by atoms with Gasteiger partial charge < -0.3 is 9.47 Å². The van der Waals surface area contributed by atoms with Crippen LogP contribution in [0.2, 0.25) is 0 Å². The molecule has 0 saturated carbocycles. The van der Waals surface area contributed by atoms with Crippen molar-refractivity contribution in [2.75, 3.05) is 13.2 Å². The Labute approximate surface area is 170 Å². The number of aromatic nitrogens is 2. The maximum atomic E-state index is 12.8. The van der Waals surface area contributed by atoms with E-state index in [0.717, 1.165) is 36.1 Å². The molecule has 0 saturated heterocycles. The molecule has 29 heavy (non-hydrogen) atoms. The lowest BCUT2D eigenvalue weighted by molar-refractivity contribution is -0.144. The summed E-state index contributed by atoms with van der Waals surface area (Å²) in [4.78, 5) is 31.3. The fourth-order valence-corrected chi connectivity index (χ4v) is 4.69. The van der Waals surface area contributed by atoms with Crippen molar-refractivity contribution in [1.82, 2.24) is 9.55 Å². The van der Waals surface area contributed by atoms with Crippen molar-refractivity contribution in [2.24, 2.45) is 0 Å². The number of rotatable bonds is 7. The SMILES string of the molecule is O=C(CCn1cnc2sc3c(c2c1=O)CCCC3)OCCOc1ccc(F)cc1. The van der Waals surface area contributed by atoms with E-state index in [9.17, 15) is 14.0 Å². The number of hydrogen-bond donors (Lipinski definition) is 0. The molecule has 152 valence electrons. The summed E-state index contributed by atoms with van der Waals surface area (Å²) in [5, 5.41) is 0.716. The molecule has 2 heterocycles. The molecule has 0 radical (unpaired) electrons. The second-order valence-corrected chi connectivity index (χ2v) is 7.99. The lowest BCUT2D eigenvalue weighted by Gasteiger charge is -2.10. The number of fused-ring (bicyclic) bond motifs is 3. The van der Waals surface area contributed by atoms with Gasteiger partial charge in [-0.25, -0.2) is 9.37 Å². The molecule has 6 nitrogen and oxygen atoms in total. The zero-order valence-electron chi connectivity index (χ0n) is 15.9. The molecule has 1 aliphatic rings. The van der Waals surface area contributed by atoms with Crippen LogP contribution in [0, 0.1) is 5.82 Å². The molecule has 0 fully saturated rings. The molecule has 0 bridgehead atoms. The van der Waals surface area contributed by atoms with E-state index in [0.29, 0.717) is 11.1 Å². The first-order chi connectivity index (χ1) is 14.1. The summed E-state index contributed by atoms with van der Waals surface area (Å²) in [5.74, 6) is -0.241. The highest BCUT2D eigenvalue weighted by molar-refractivity contribution is 7.18. The lowest BCUT2D eigenvalue weighted by atomic mass is 9.97. The molecule has 4 rings (SSSR count). The van der Waals surface area contributed by atoms with Crippen LogP contribution < -0.4 is 10.3 Å². The van der Waals surface area contributed by atoms with E-state index < -0.39 is 5.97 Å². The van der Waals surface area contributed by atoms with Gasteiger partial charge in [0, 0.05) is 11.4 Å². The molecule has 2 aromatic heterocycles. The summed E-state index contributed by atoms with van der Waals surface area (Å²) in [6.07, 6.45) is 5.78. The summed E-state index contributed by atoms with van der Waals surface area (Å²) in [5.41, 5.74) is 1.06. The Balaban J connectivity index is 1.30. The predicted octanol–water partition coefficient (Wildman–Crippen LogP) is 3.49. The maximum Gasteiger partial charge on any atom is 0.307 e. The highest BCUT2D eigenvalue weighted by Gasteiger charge is 2.20. The van der Waals surface area contributed by atoms with Gasteiger partial charge in [-0.3, -0.25) is 14.2 Å². The molecular weight excluding hydrogens is 395 g/mol. The van der Waals surface area contributed by atoms with Crippen molar-refractivity contribution < 1.29 is 18.7 Å². The molecule has 0 N–H and O–H groups in total. The molecule has 0 atom stereocenters. The van der Waals surface area contributed by atoms with Gasteiger partial charge in [0.2, 0.25) is 0 Å². The third kappa shape index (κ3) is 4.48. The van der Waals surface area contributed by atoms with Crippen molar-refractivity contribution >= 4 is 27.5 Å². The first-order valence-electron chi connectivity index (χ1n) is 9.65. The van der Waals surface area contributed by atoms with Crippen molar-refractivity contribution in [3.63, 3.8) is 0 Å². The van der Waals surface area contributed by atoms with Gasteiger partial charge in [-0.1, -0.05) is 0 Å². The molecule has 0 unspecified atom stereocenters. The first kappa shape index (κ1) is 19.6. The zero-order chi connectivity index (χ0) is 20.2. The topological polar surface area (TPSA) is 70.4 Å². The summed E-state index contributed by atoms with van der Waals surface area (Å²) < 4.78 is 24.8. The number of ether oxygens (including phenoxy) is 2. The van der Waals surface area contributed by atoms with E-state index in [4.69, 9.17) is 9.47 Å². The highest BCUT2D eigenvalue weighted by Crippen LogP contribution is 2.33. The Kier molecular flexibility index (Phi) is 5.89. The minimum Gasteiger partial charge on any atom is -0.490 e. The number of halogens is 1. The Hall–Kier alpha value is -2.74. The molecule has 1 aliphatic carbocycles. The van der Waals surface area contributed by atoms with Gasteiger partial charge in [0.1, 0.15) is 29.6 Å². The Morgan fingerprint density at radius 1 is 1.17 bits per heavy atom. The van der Waals surface area contributed by atoms with Gasteiger partial charge in [0.25, 0.3) is 5.56 Å². The van der Waals surface area contributed by atoms with E-state index in [-0.39, 0.29) is 37.6 Å². The highest BCUT2D eigenvalue weighted by atomic mass is 32.1. The molecule has 3 aromatic rings. The third-order valence-electron chi connectivity index (χ3n) is 4.93. The van der Waals surface area contributed by atoms with E-state index in [1.807, 2.05) is 0 Å². The van der Waals surface area contributed by atoms with Crippen molar-refractivity contribution in [2.45, 2.75) is 38.6 Å². The molecule has 1 aromatic carbocycles. The van der Waals surface area contributed by atoms with E-state index in [1.165, 1.54) is 40.0 Å². The minimum absolute atomic E-state index is 0.0793. The van der Waals surface area contributed by atoms with Gasteiger partial charge in [-0.2, -0.15) is 0 Å². The number of thiophene rings is 1. The third-order valence-corrected chi connectivity index (χ3v) is 6.13. The number of carbonyl (C=O) groups is 1. The lowest BCUT2D eigenvalue weighted by Crippen LogP contribution is -2.23. The zero-order valence-corrected chi connectivity index (χ0v) is 16.7. The number of carbonyl (C=O) groups excluding carboxylic acids is 1. The largest absolute Gasteiger partial charge is 0.490 e. The van der Waals surface area contributed by atoms with Gasteiger partial charge in [-0.15, -0.1) is 11.3 Å². The van der Waals surface area contributed by atoms with Crippen LogP contribution in [0.1, 0.15) is 29.7 Å². The summed E-state index contributed by atoms with van der Waals surface area (Å²) >= 11 is 1.61. The van der Waals surface area contributed by atoms with Crippen molar-refractivity contribution in [3.8, 4) is 5.75 Å². The van der Waals surface area contributed by atoms with Crippen LogP contribution in [0.25, 0.3) is 10.2 Å². The Morgan fingerprint density at radius 3 is 2.79 bits per heavy atom. The monoisotopic (exact) mass is 416 g/mol. The first-order valence-corrected chi connectivity index (χ1v) is 10.5. The van der Waals surface area contributed by atoms with Crippen LogP contribution in [-0.4, -0.2) is 28.7 Å². The minimum atomic E-state index is -0.410. The number of benzene rings is 1. The normalized spacial score (nSPS) is 13.3. The van der Waals surface area contributed by atoms with Crippen LogP contribution in [0.15, 0.2) is 35.4 Å². The summed E-state index contributed by atoms with van der Waals surface area (Å²) in [6.45, 7) is 0.482. The van der Waals surface area contributed by atoms with Crippen LogP contribution in [0.5, 0.6) is 5.75 Å². The van der Waals surface area contributed by atoms with Gasteiger partial charge in [-0.05, 0) is 55.5 Å². The molecule has 0 amide bonds. The fraction of sp³-hybridized carbons (Fsp3) is 0.381. The average molecular weight is 416 g/mol. The van der Waals surface area contributed by atoms with Crippen LogP contribution >= 0.6 is 11.3 Å². The Morgan fingerprint density at radius 2 is 1.97 bits per heavy atom.